The summed E-state index contributed by atoms with van der Waals surface area (Å²) in [6.45, 7) is 2.13. The lowest BCUT2D eigenvalue weighted by Gasteiger charge is -2.29. The number of rotatable bonds is 8. The zero-order valence-electron chi connectivity index (χ0n) is 17.0. The lowest BCUT2D eigenvalue weighted by atomic mass is 9.99. The Morgan fingerprint density at radius 2 is 1.87 bits per heavy atom. The molecule has 0 spiro atoms. The van der Waals surface area contributed by atoms with E-state index in [4.69, 9.17) is 13.6 Å². The van der Waals surface area contributed by atoms with Crippen LogP contribution in [0.1, 0.15) is 36.1 Å². The monoisotopic (exact) mass is 421 g/mol. The number of amides is 2. The number of carbonyl (C=O) groups excluding carboxylic acids is 2. The molecule has 3 heterocycles. The molecule has 4 rings (SSSR count). The van der Waals surface area contributed by atoms with E-state index in [0.29, 0.717) is 17.2 Å². The highest BCUT2D eigenvalue weighted by atomic mass is 16.5. The maximum atomic E-state index is 12.8. The van der Waals surface area contributed by atoms with Crippen molar-refractivity contribution < 1.29 is 23.2 Å². The second-order valence-corrected chi connectivity index (χ2v) is 6.90. The first-order valence-corrected chi connectivity index (χ1v) is 10.00. The Labute approximate surface area is 179 Å². The van der Waals surface area contributed by atoms with Crippen LogP contribution in [0, 0.1) is 0 Å². The molecule has 31 heavy (non-hydrogen) atoms. The van der Waals surface area contributed by atoms with Crippen LogP contribution in [-0.2, 0) is 9.53 Å². The molecule has 2 aromatic heterocycles. The second kappa shape index (κ2) is 9.36. The van der Waals surface area contributed by atoms with Crippen molar-refractivity contribution in [3.63, 3.8) is 0 Å². The highest BCUT2D eigenvalue weighted by molar-refractivity contribution is 5.95. The van der Waals surface area contributed by atoms with E-state index in [0.717, 1.165) is 5.56 Å². The van der Waals surface area contributed by atoms with Crippen molar-refractivity contribution >= 4 is 12.0 Å². The molecular formula is C23H23N3O5. The van der Waals surface area contributed by atoms with Crippen molar-refractivity contribution in [2.75, 3.05) is 13.2 Å². The average Bonchev–Trinajstić information content (AvgIpc) is 3.49. The largest absolute Gasteiger partial charge is 0.467 e. The van der Waals surface area contributed by atoms with E-state index < -0.39 is 18.0 Å². The van der Waals surface area contributed by atoms with Gasteiger partial charge >= 0.3 is 12.0 Å². The van der Waals surface area contributed by atoms with E-state index in [2.05, 4.69) is 16.0 Å². The molecule has 3 aromatic rings. The fourth-order valence-corrected chi connectivity index (χ4v) is 3.56. The summed E-state index contributed by atoms with van der Waals surface area (Å²) in [5.74, 6) is 0.635. The Morgan fingerprint density at radius 3 is 2.55 bits per heavy atom. The minimum atomic E-state index is -0.751. The number of benzene rings is 1. The minimum Gasteiger partial charge on any atom is -0.467 e. The third-order valence-corrected chi connectivity index (χ3v) is 4.92. The molecule has 0 saturated carbocycles. The van der Waals surface area contributed by atoms with Gasteiger partial charge in [-0.25, -0.2) is 9.59 Å². The molecule has 2 atom stereocenters. The van der Waals surface area contributed by atoms with Gasteiger partial charge in [-0.1, -0.05) is 30.3 Å². The van der Waals surface area contributed by atoms with Crippen LogP contribution in [-0.4, -0.2) is 25.2 Å². The molecule has 2 amide bonds. The van der Waals surface area contributed by atoms with Crippen molar-refractivity contribution in [3.05, 3.63) is 95.5 Å². The van der Waals surface area contributed by atoms with Crippen molar-refractivity contribution in [3.8, 4) is 0 Å². The van der Waals surface area contributed by atoms with Crippen LogP contribution in [0.3, 0.4) is 0 Å². The van der Waals surface area contributed by atoms with Crippen LogP contribution >= 0.6 is 0 Å². The van der Waals surface area contributed by atoms with Crippen LogP contribution in [0.2, 0.25) is 0 Å². The molecular weight excluding hydrogens is 398 g/mol. The third-order valence-electron chi connectivity index (χ3n) is 4.92. The SMILES string of the molecule is CCOC(=O)C1=C(CN[C@H](c2ccccc2)c2ccco2)NC(=O)N[C@H]1c1ccco1. The van der Waals surface area contributed by atoms with E-state index in [1.807, 2.05) is 42.5 Å². The Kier molecular flexibility index (Phi) is 6.18. The molecule has 0 radical (unpaired) electrons. The fourth-order valence-electron chi connectivity index (χ4n) is 3.56. The highest BCUT2D eigenvalue weighted by Gasteiger charge is 2.35. The summed E-state index contributed by atoms with van der Waals surface area (Å²) in [4.78, 5) is 25.2. The van der Waals surface area contributed by atoms with E-state index in [-0.39, 0.29) is 24.8 Å². The van der Waals surface area contributed by atoms with Gasteiger partial charge in [-0.3, -0.25) is 5.32 Å². The Hall–Kier alpha value is -3.78. The van der Waals surface area contributed by atoms with Gasteiger partial charge in [0.2, 0.25) is 0 Å². The molecule has 0 unspecified atom stereocenters. The van der Waals surface area contributed by atoms with E-state index in [1.54, 1.807) is 25.3 Å². The average molecular weight is 421 g/mol. The number of nitrogens with one attached hydrogen (secondary N) is 3. The quantitative estimate of drug-likeness (QED) is 0.481. The number of esters is 1. The molecule has 8 heteroatoms. The molecule has 0 saturated heterocycles. The summed E-state index contributed by atoms with van der Waals surface area (Å²) in [7, 11) is 0. The topological polar surface area (TPSA) is 106 Å². The molecule has 0 fully saturated rings. The number of furan rings is 2. The van der Waals surface area contributed by atoms with Gasteiger partial charge in [-0.15, -0.1) is 0 Å². The molecule has 0 aliphatic carbocycles. The highest BCUT2D eigenvalue weighted by Crippen LogP contribution is 2.29. The summed E-state index contributed by atoms with van der Waals surface area (Å²) in [6.07, 6.45) is 3.10. The van der Waals surface area contributed by atoms with Gasteiger partial charge < -0.3 is 24.2 Å². The Morgan fingerprint density at radius 1 is 1.10 bits per heavy atom. The molecule has 3 N–H and O–H groups in total. The maximum absolute atomic E-state index is 12.8. The number of ether oxygens (including phenoxy) is 1. The lowest BCUT2D eigenvalue weighted by molar-refractivity contribution is -0.139. The number of urea groups is 1. The van der Waals surface area contributed by atoms with Gasteiger partial charge in [0, 0.05) is 12.2 Å². The second-order valence-electron chi connectivity index (χ2n) is 6.90. The first-order chi connectivity index (χ1) is 15.2. The van der Waals surface area contributed by atoms with E-state index in [9.17, 15) is 9.59 Å². The van der Waals surface area contributed by atoms with Crippen LogP contribution in [0.5, 0.6) is 0 Å². The van der Waals surface area contributed by atoms with E-state index in [1.165, 1.54) is 6.26 Å². The van der Waals surface area contributed by atoms with Crippen molar-refractivity contribution in [1.29, 1.82) is 0 Å². The van der Waals surface area contributed by atoms with Gasteiger partial charge in [0.05, 0.1) is 30.7 Å². The molecule has 1 aliphatic rings. The van der Waals surface area contributed by atoms with Crippen LogP contribution in [0.15, 0.2) is 87.2 Å². The zero-order chi connectivity index (χ0) is 21.6. The van der Waals surface area contributed by atoms with Gasteiger partial charge in [0.15, 0.2) is 0 Å². The number of hydrogen-bond donors (Lipinski definition) is 3. The summed E-state index contributed by atoms with van der Waals surface area (Å²) >= 11 is 0. The van der Waals surface area contributed by atoms with E-state index >= 15 is 0 Å². The van der Waals surface area contributed by atoms with Gasteiger partial charge in [0.1, 0.15) is 17.6 Å². The molecule has 160 valence electrons. The molecule has 0 bridgehead atoms. The Balaban J connectivity index is 1.67. The van der Waals surface area contributed by atoms with Crippen LogP contribution in [0.4, 0.5) is 4.79 Å². The number of hydrogen-bond acceptors (Lipinski definition) is 6. The summed E-state index contributed by atoms with van der Waals surface area (Å²) < 4.78 is 16.3. The smallest absolute Gasteiger partial charge is 0.338 e. The Bertz CT molecular complexity index is 1040. The number of carbonyl (C=O) groups is 2. The predicted molar refractivity (Wildman–Crippen MR) is 112 cm³/mol. The third kappa shape index (κ3) is 4.54. The van der Waals surface area contributed by atoms with Crippen LogP contribution < -0.4 is 16.0 Å². The first kappa shape index (κ1) is 20.5. The van der Waals surface area contributed by atoms with Crippen molar-refractivity contribution in [2.24, 2.45) is 0 Å². The predicted octanol–water partition coefficient (Wildman–Crippen LogP) is 3.42. The molecule has 1 aliphatic heterocycles. The summed E-state index contributed by atoms with van der Waals surface area (Å²) in [6, 6.07) is 15.4. The first-order valence-electron chi connectivity index (χ1n) is 10.00. The van der Waals surface area contributed by atoms with Crippen LogP contribution in [0.25, 0.3) is 0 Å². The summed E-state index contributed by atoms with van der Waals surface area (Å²) in [5.41, 5.74) is 1.69. The molecule has 1 aromatic carbocycles. The van der Waals surface area contributed by atoms with Crippen molar-refractivity contribution in [2.45, 2.75) is 19.0 Å². The lowest BCUT2D eigenvalue weighted by Crippen LogP contribution is -2.48. The summed E-state index contributed by atoms with van der Waals surface area (Å²) in [5, 5.41) is 8.87. The fraction of sp³-hybridized carbons (Fsp3) is 0.217. The maximum Gasteiger partial charge on any atom is 0.338 e. The molecule has 8 nitrogen and oxygen atoms in total. The minimum absolute atomic E-state index is 0.193. The normalized spacial score (nSPS) is 17.1. The van der Waals surface area contributed by atoms with Crippen molar-refractivity contribution in [1.82, 2.24) is 16.0 Å². The zero-order valence-corrected chi connectivity index (χ0v) is 17.0. The van der Waals surface area contributed by atoms with Gasteiger partial charge in [-0.05, 0) is 36.8 Å². The standard InChI is InChI=1S/C23H23N3O5/c1-2-29-22(27)19-16(25-23(28)26-21(19)18-11-7-13-31-18)14-24-20(17-10-6-12-30-17)15-8-4-3-5-9-15/h3-13,20-21,24H,2,14H2,1H3,(H2,25,26,28)/t20-,21+/m1/s1. The van der Waals surface area contributed by atoms with Gasteiger partial charge in [0.25, 0.3) is 0 Å². The van der Waals surface area contributed by atoms with Gasteiger partial charge in [-0.2, -0.15) is 0 Å².